The van der Waals surface area contributed by atoms with Gasteiger partial charge in [0.2, 0.25) is 0 Å². The smallest absolute Gasteiger partial charge is 0.120 e. The zero-order valence-corrected chi connectivity index (χ0v) is 13.6. The molecule has 0 spiro atoms. The Bertz CT molecular complexity index is 439. The highest BCUT2D eigenvalue weighted by Crippen LogP contribution is 2.37. The van der Waals surface area contributed by atoms with Gasteiger partial charge in [0.15, 0.2) is 0 Å². The predicted molar refractivity (Wildman–Crippen MR) is 85.4 cm³/mol. The molecule has 2 nitrogen and oxygen atoms in total. The van der Waals surface area contributed by atoms with Gasteiger partial charge in [-0.3, -0.25) is 0 Å². The topological polar surface area (TPSA) is 21.3 Å². The van der Waals surface area contributed by atoms with Crippen LogP contribution in [0.2, 0.25) is 0 Å². The molecule has 0 heterocycles. The zero-order chi connectivity index (χ0) is 14.8. The molecule has 0 amide bonds. The van der Waals surface area contributed by atoms with Gasteiger partial charge < -0.3 is 10.1 Å². The summed E-state index contributed by atoms with van der Waals surface area (Å²) in [6, 6.07) is 9.02. The Labute approximate surface area is 123 Å². The maximum Gasteiger partial charge on any atom is 0.120 e. The van der Waals surface area contributed by atoms with Crippen LogP contribution in [-0.4, -0.2) is 19.2 Å². The van der Waals surface area contributed by atoms with Crippen LogP contribution in [0.15, 0.2) is 24.3 Å². The van der Waals surface area contributed by atoms with Gasteiger partial charge in [-0.25, -0.2) is 0 Å². The SMILES string of the molecule is CNC1CCC(C)(C)CC1Oc1cccc(C(C)C)c1. The van der Waals surface area contributed by atoms with Crippen LogP contribution in [0.4, 0.5) is 0 Å². The van der Waals surface area contributed by atoms with Crippen molar-refractivity contribution in [1.82, 2.24) is 5.32 Å². The Hall–Kier alpha value is -1.02. The van der Waals surface area contributed by atoms with Crippen molar-refractivity contribution in [2.45, 2.75) is 65.0 Å². The third-order valence-electron chi connectivity index (χ3n) is 4.52. The van der Waals surface area contributed by atoms with Gasteiger partial charge in [-0.15, -0.1) is 0 Å². The fraction of sp³-hybridized carbons (Fsp3) is 0.667. The average molecular weight is 275 g/mol. The van der Waals surface area contributed by atoms with Gasteiger partial charge in [0.05, 0.1) is 0 Å². The largest absolute Gasteiger partial charge is 0.489 e. The third-order valence-corrected chi connectivity index (χ3v) is 4.52. The van der Waals surface area contributed by atoms with Crippen LogP contribution >= 0.6 is 0 Å². The van der Waals surface area contributed by atoms with Gasteiger partial charge in [0.1, 0.15) is 11.9 Å². The molecule has 0 aromatic heterocycles. The average Bonchev–Trinajstić information content (AvgIpc) is 2.38. The van der Waals surface area contributed by atoms with Crippen molar-refractivity contribution in [2.75, 3.05) is 7.05 Å². The number of hydrogen-bond acceptors (Lipinski definition) is 2. The van der Waals surface area contributed by atoms with E-state index in [1.807, 2.05) is 7.05 Å². The summed E-state index contributed by atoms with van der Waals surface area (Å²) >= 11 is 0. The summed E-state index contributed by atoms with van der Waals surface area (Å²) in [6.07, 6.45) is 3.85. The summed E-state index contributed by atoms with van der Waals surface area (Å²) < 4.78 is 6.32. The molecule has 1 aromatic carbocycles. The van der Waals surface area contributed by atoms with E-state index in [4.69, 9.17) is 4.74 Å². The summed E-state index contributed by atoms with van der Waals surface area (Å²) in [6.45, 7) is 9.14. The molecule has 20 heavy (non-hydrogen) atoms. The molecule has 112 valence electrons. The molecular weight excluding hydrogens is 246 g/mol. The van der Waals surface area contributed by atoms with Crippen LogP contribution in [0.5, 0.6) is 5.75 Å². The molecule has 0 saturated heterocycles. The van der Waals surface area contributed by atoms with Crippen molar-refractivity contribution >= 4 is 0 Å². The van der Waals surface area contributed by atoms with E-state index < -0.39 is 0 Å². The first-order valence-corrected chi connectivity index (χ1v) is 7.85. The van der Waals surface area contributed by atoms with E-state index in [1.54, 1.807) is 0 Å². The van der Waals surface area contributed by atoms with Crippen molar-refractivity contribution in [3.63, 3.8) is 0 Å². The lowest BCUT2D eigenvalue weighted by molar-refractivity contribution is 0.0558. The lowest BCUT2D eigenvalue weighted by Gasteiger charge is -2.40. The molecule has 1 N–H and O–H groups in total. The highest BCUT2D eigenvalue weighted by Gasteiger charge is 2.35. The Kier molecular flexibility index (Phi) is 4.74. The Morgan fingerprint density at radius 1 is 1.30 bits per heavy atom. The van der Waals surface area contributed by atoms with E-state index in [0.29, 0.717) is 17.4 Å². The fourth-order valence-electron chi connectivity index (χ4n) is 3.10. The Morgan fingerprint density at radius 2 is 2.05 bits per heavy atom. The van der Waals surface area contributed by atoms with Crippen LogP contribution in [-0.2, 0) is 0 Å². The van der Waals surface area contributed by atoms with E-state index in [1.165, 1.54) is 18.4 Å². The number of likely N-dealkylation sites (N-methyl/N-ethyl adjacent to an activating group) is 1. The first-order valence-electron chi connectivity index (χ1n) is 7.85. The van der Waals surface area contributed by atoms with Crippen LogP contribution in [0.3, 0.4) is 0 Å². The number of hydrogen-bond donors (Lipinski definition) is 1. The lowest BCUT2D eigenvalue weighted by Crippen LogP contribution is -2.47. The first-order chi connectivity index (χ1) is 9.41. The lowest BCUT2D eigenvalue weighted by atomic mass is 9.74. The molecule has 2 rings (SSSR count). The normalized spacial score (nSPS) is 25.7. The van der Waals surface area contributed by atoms with Crippen molar-refractivity contribution in [2.24, 2.45) is 5.41 Å². The van der Waals surface area contributed by atoms with E-state index >= 15 is 0 Å². The summed E-state index contributed by atoms with van der Waals surface area (Å²) in [7, 11) is 2.05. The molecule has 0 bridgehead atoms. The fourth-order valence-corrected chi connectivity index (χ4v) is 3.10. The van der Waals surface area contributed by atoms with Gasteiger partial charge in [-0.1, -0.05) is 39.8 Å². The quantitative estimate of drug-likeness (QED) is 0.881. The third kappa shape index (κ3) is 3.76. The number of nitrogens with one attached hydrogen (secondary N) is 1. The standard InChI is InChI=1S/C18H29NO/c1-13(2)14-7-6-8-15(11-14)20-17-12-18(3,4)10-9-16(17)19-5/h6-8,11,13,16-17,19H,9-10,12H2,1-5H3. The summed E-state index contributed by atoms with van der Waals surface area (Å²) in [5.41, 5.74) is 1.73. The van der Waals surface area contributed by atoms with Crippen molar-refractivity contribution in [3.05, 3.63) is 29.8 Å². The summed E-state index contributed by atoms with van der Waals surface area (Å²) in [5, 5.41) is 3.42. The van der Waals surface area contributed by atoms with Crippen LogP contribution in [0.25, 0.3) is 0 Å². The molecule has 2 unspecified atom stereocenters. The Morgan fingerprint density at radius 3 is 2.70 bits per heavy atom. The van der Waals surface area contributed by atoms with E-state index in [2.05, 4.69) is 57.3 Å². The molecule has 1 aliphatic carbocycles. The molecule has 0 radical (unpaired) electrons. The maximum absolute atomic E-state index is 6.32. The van der Waals surface area contributed by atoms with Crippen LogP contribution in [0, 0.1) is 5.41 Å². The second kappa shape index (κ2) is 6.17. The number of rotatable bonds is 4. The van der Waals surface area contributed by atoms with E-state index in [0.717, 1.165) is 12.2 Å². The highest BCUT2D eigenvalue weighted by molar-refractivity contribution is 5.30. The molecule has 1 fully saturated rings. The molecule has 1 aliphatic rings. The monoisotopic (exact) mass is 275 g/mol. The van der Waals surface area contributed by atoms with Crippen LogP contribution in [0.1, 0.15) is 58.4 Å². The predicted octanol–water partition coefficient (Wildman–Crippen LogP) is 4.36. The number of ether oxygens (including phenoxy) is 1. The second-order valence-corrected chi connectivity index (χ2v) is 7.19. The van der Waals surface area contributed by atoms with Gasteiger partial charge in [0, 0.05) is 6.04 Å². The van der Waals surface area contributed by atoms with Crippen molar-refractivity contribution < 1.29 is 4.74 Å². The molecule has 1 aromatic rings. The van der Waals surface area contributed by atoms with E-state index in [-0.39, 0.29) is 6.10 Å². The molecule has 0 aliphatic heterocycles. The number of benzene rings is 1. The molecule has 2 heteroatoms. The summed E-state index contributed by atoms with van der Waals surface area (Å²) in [5.74, 6) is 1.56. The van der Waals surface area contributed by atoms with Gasteiger partial charge in [-0.2, -0.15) is 0 Å². The molecule has 2 atom stereocenters. The summed E-state index contributed by atoms with van der Waals surface area (Å²) in [4.78, 5) is 0. The first kappa shape index (κ1) is 15.4. The Balaban J connectivity index is 2.12. The minimum absolute atomic E-state index is 0.270. The maximum atomic E-state index is 6.32. The van der Waals surface area contributed by atoms with Gasteiger partial charge in [-0.05, 0) is 55.3 Å². The van der Waals surface area contributed by atoms with Crippen LogP contribution < -0.4 is 10.1 Å². The molecule has 1 saturated carbocycles. The second-order valence-electron chi connectivity index (χ2n) is 7.19. The van der Waals surface area contributed by atoms with Gasteiger partial charge in [0.25, 0.3) is 0 Å². The minimum atomic E-state index is 0.270. The minimum Gasteiger partial charge on any atom is -0.489 e. The zero-order valence-electron chi connectivity index (χ0n) is 13.6. The van der Waals surface area contributed by atoms with E-state index in [9.17, 15) is 0 Å². The van der Waals surface area contributed by atoms with Crippen molar-refractivity contribution in [3.8, 4) is 5.75 Å². The van der Waals surface area contributed by atoms with Gasteiger partial charge >= 0.3 is 0 Å². The van der Waals surface area contributed by atoms with Crippen molar-refractivity contribution in [1.29, 1.82) is 0 Å². The highest BCUT2D eigenvalue weighted by atomic mass is 16.5. The molecular formula is C18H29NO.